The highest BCUT2D eigenvalue weighted by Gasteiger charge is 2.40. The van der Waals surface area contributed by atoms with Gasteiger partial charge >= 0.3 is 0 Å². The first kappa shape index (κ1) is 14.4. The van der Waals surface area contributed by atoms with E-state index in [-0.39, 0.29) is 0 Å². The lowest BCUT2D eigenvalue weighted by Crippen LogP contribution is -2.49. The largest absolute Gasteiger partial charge is 0.339 e. The van der Waals surface area contributed by atoms with Gasteiger partial charge in [-0.05, 0) is 36.8 Å². The summed E-state index contributed by atoms with van der Waals surface area (Å²) in [5.74, 6) is 2.43. The third-order valence-electron chi connectivity index (χ3n) is 5.05. The molecular formula is C17H22N6. The molecule has 4 heterocycles. The van der Waals surface area contributed by atoms with E-state index < -0.39 is 0 Å². The molecule has 4 rings (SSSR count). The maximum absolute atomic E-state index is 4.59. The average Bonchev–Trinajstić information content (AvgIpc) is 3.05. The van der Waals surface area contributed by atoms with E-state index in [0.29, 0.717) is 6.04 Å². The van der Waals surface area contributed by atoms with Crippen LogP contribution in [0.2, 0.25) is 0 Å². The number of aryl methyl sites for hydroxylation is 1. The van der Waals surface area contributed by atoms with Crippen molar-refractivity contribution in [1.29, 1.82) is 0 Å². The second-order valence-electron chi connectivity index (χ2n) is 6.34. The van der Waals surface area contributed by atoms with Gasteiger partial charge in [0.25, 0.3) is 0 Å². The topological polar surface area (TPSA) is 58.0 Å². The standard InChI is InChI=1S/C17H22N6/c1-2-13-10-20-17(21-11-13)23-9-5-14-4-8-22(12-15(14)23)16-18-6-3-7-19-16/h3,6-7,10-11,14-15H,2,4-5,8-9,12H2,1H3. The number of nitrogens with zero attached hydrogens (tertiary/aromatic N) is 6. The molecule has 6 nitrogen and oxygen atoms in total. The molecule has 2 unspecified atom stereocenters. The van der Waals surface area contributed by atoms with Gasteiger partial charge in [-0.3, -0.25) is 0 Å². The highest BCUT2D eigenvalue weighted by atomic mass is 15.3. The van der Waals surface area contributed by atoms with Crippen LogP contribution in [0.15, 0.2) is 30.9 Å². The quantitative estimate of drug-likeness (QED) is 0.863. The summed E-state index contributed by atoms with van der Waals surface area (Å²) in [6.07, 6.45) is 10.9. The minimum atomic E-state index is 0.458. The zero-order valence-corrected chi connectivity index (χ0v) is 13.5. The fourth-order valence-electron chi connectivity index (χ4n) is 3.70. The van der Waals surface area contributed by atoms with Crippen LogP contribution in [-0.2, 0) is 6.42 Å². The molecule has 0 N–H and O–H groups in total. The lowest BCUT2D eigenvalue weighted by atomic mass is 9.92. The fourth-order valence-corrected chi connectivity index (χ4v) is 3.70. The molecule has 120 valence electrons. The molecule has 0 amide bonds. The van der Waals surface area contributed by atoms with Crippen molar-refractivity contribution in [2.45, 2.75) is 32.2 Å². The smallest absolute Gasteiger partial charge is 0.225 e. The highest BCUT2D eigenvalue weighted by molar-refractivity contribution is 5.39. The van der Waals surface area contributed by atoms with Crippen molar-refractivity contribution in [3.8, 4) is 0 Å². The molecule has 2 aromatic heterocycles. The number of anilines is 2. The van der Waals surface area contributed by atoms with Gasteiger partial charge in [0.2, 0.25) is 11.9 Å². The summed E-state index contributed by atoms with van der Waals surface area (Å²) in [6, 6.07) is 2.32. The number of hydrogen-bond acceptors (Lipinski definition) is 6. The van der Waals surface area contributed by atoms with E-state index in [1.54, 1.807) is 0 Å². The minimum absolute atomic E-state index is 0.458. The molecule has 2 atom stereocenters. The maximum Gasteiger partial charge on any atom is 0.225 e. The number of piperidine rings is 1. The molecular weight excluding hydrogens is 288 g/mol. The molecule has 0 aliphatic carbocycles. The number of hydrogen-bond donors (Lipinski definition) is 0. The van der Waals surface area contributed by atoms with E-state index in [4.69, 9.17) is 0 Å². The van der Waals surface area contributed by atoms with Gasteiger partial charge in [-0.2, -0.15) is 0 Å². The Balaban J connectivity index is 1.54. The van der Waals surface area contributed by atoms with Crippen molar-refractivity contribution >= 4 is 11.9 Å². The molecule has 2 aliphatic heterocycles. The summed E-state index contributed by atoms with van der Waals surface area (Å²) in [5, 5.41) is 0. The van der Waals surface area contributed by atoms with Crippen molar-refractivity contribution in [2.75, 3.05) is 29.4 Å². The van der Waals surface area contributed by atoms with E-state index in [1.807, 2.05) is 30.9 Å². The number of rotatable bonds is 3. The molecule has 0 aromatic carbocycles. The van der Waals surface area contributed by atoms with Gasteiger partial charge in [0.05, 0.1) is 6.04 Å². The Kier molecular flexibility index (Phi) is 3.81. The van der Waals surface area contributed by atoms with Crippen LogP contribution < -0.4 is 9.80 Å². The van der Waals surface area contributed by atoms with Crippen LogP contribution in [0.5, 0.6) is 0 Å². The minimum Gasteiger partial charge on any atom is -0.339 e. The predicted octanol–water partition coefficient (Wildman–Crippen LogP) is 1.93. The Morgan fingerprint density at radius 2 is 1.74 bits per heavy atom. The van der Waals surface area contributed by atoms with Crippen LogP contribution >= 0.6 is 0 Å². The normalized spacial score (nSPS) is 23.9. The van der Waals surface area contributed by atoms with Crippen LogP contribution in [-0.4, -0.2) is 45.6 Å². The van der Waals surface area contributed by atoms with Gasteiger partial charge in [0.1, 0.15) is 0 Å². The van der Waals surface area contributed by atoms with Crippen molar-refractivity contribution in [3.05, 3.63) is 36.4 Å². The summed E-state index contributed by atoms with van der Waals surface area (Å²) in [6.45, 7) is 5.16. The van der Waals surface area contributed by atoms with Crippen molar-refractivity contribution in [2.24, 2.45) is 5.92 Å². The third-order valence-corrected chi connectivity index (χ3v) is 5.05. The molecule has 0 spiro atoms. The zero-order chi connectivity index (χ0) is 15.6. The van der Waals surface area contributed by atoms with Gasteiger partial charge in [-0.15, -0.1) is 0 Å². The first-order valence-corrected chi connectivity index (χ1v) is 8.44. The van der Waals surface area contributed by atoms with E-state index in [9.17, 15) is 0 Å². The van der Waals surface area contributed by atoms with E-state index in [0.717, 1.165) is 43.9 Å². The average molecular weight is 310 g/mol. The molecule has 2 aromatic rings. The lowest BCUT2D eigenvalue weighted by Gasteiger charge is -2.38. The third kappa shape index (κ3) is 2.73. The number of fused-ring (bicyclic) bond motifs is 1. The van der Waals surface area contributed by atoms with Gasteiger partial charge in [-0.1, -0.05) is 6.92 Å². The van der Waals surface area contributed by atoms with Crippen LogP contribution in [0.25, 0.3) is 0 Å². The zero-order valence-electron chi connectivity index (χ0n) is 13.5. The molecule has 2 saturated heterocycles. The van der Waals surface area contributed by atoms with Crippen LogP contribution in [0, 0.1) is 5.92 Å². The van der Waals surface area contributed by atoms with Gasteiger partial charge in [0, 0.05) is 44.4 Å². The second kappa shape index (κ2) is 6.10. The van der Waals surface area contributed by atoms with Crippen LogP contribution in [0.3, 0.4) is 0 Å². The summed E-state index contributed by atoms with van der Waals surface area (Å²) >= 11 is 0. The Hall–Kier alpha value is -2.24. The molecule has 2 fully saturated rings. The Morgan fingerprint density at radius 1 is 1.00 bits per heavy atom. The summed E-state index contributed by atoms with van der Waals surface area (Å²) in [5.41, 5.74) is 1.19. The summed E-state index contributed by atoms with van der Waals surface area (Å²) in [7, 11) is 0. The van der Waals surface area contributed by atoms with E-state index >= 15 is 0 Å². The molecule has 6 heteroatoms. The monoisotopic (exact) mass is 310 g/mol. The molecule has 23 heavy (non-hydrogen) atoms. The fraction of sp³-hybridized carbons (Fsp3) is 0.529. The molecule has 0 radical (unpaired) electrons. The second-order valence-corrected chi connectivity index (χ2v) is 6.34. The predicted molar refractivity (Wildman–Crippen MR) is 89.5 cm³/mol. The Bertz CT molecular complexity index is 644. The van der Waals surface area contributed by atoms with Crippen LogP contribution in [0.4, 0.5) is 11.9 Å². The molecule has 0 bridgehead atoms. The summed E-state index contributed by atoms with van der Waals surface area (Å²) in [4.78, 5) is 22.6. The van der Waals surface area contributed by atoms with E-state index in [2.05, 4.69) is 36.7 Å². The van der Waals surface area contributed by atoms with Crippen molar-refractivity contribution in [3.63, 3.8) is 0 Å². The number of aromatic nitrogens is 4. The van der Waals surface area contributed by atoms with Crippen molar-refractivity contribution < 1.29 is 0 Å². The molecule has 0 saturated carbocycles. The van der Waals surface area contributed by atoms with Gasteiger partial charge < -0.3 is 9.80 Å². The summed E-state index contributed by atoms with van der Waals surface area (Å²) < 4.78 is 0. The Morgan fingerprint density at radius 3 is 2.48 bits per heavy atom. The first-order valence-electron chi connectivity index (χ1n) is 8.44. The Labute approximate surface area is 136 Å². The van der Waals surface area contributed by atoms with E-state index in [1.165, 1.54) is 18.4 Å². The lowest BCUT2D eigenvalue weighted by molar-refractivity contribution is 0.386. The van der Waals surface area contributed by atoms with Gasteiger partial charge in [0.15, 0.2) is 0 Å². The van der Waals surface area contributed by atoms with Crippen LogP contribution in [0.1, 0.15) is 25.3 Å². The van der Waals surface area contributed by atoms with Gasteiger partial charge in [-0.25, -0.2) is 19.9 Å². The SMILES string of the molecule is CCc1cnc(N2CCC3CCN(c4ncccn4)CC32)nc1. The first-order chi connectivity index (χ1) is 11.3. The highest BCUT2D eigenvalue weighted by Crippen LogP contribution is 2.34. The molecule has 2 aliphatic rings. The maximum atomic E-state index is 4.59. The van der Waals surface area contributed by atoms with Crippen molar-refractivity contribution in [1.82, 2.24) is 19.9 Å².